The predicted octanol–water partition coefficient (Wildman–Crippen LogP) is 0.184. The molecule has 7 heteroatoms. The topological polar surface area (TPSA) is 130 Å². The minimum absolute atomic E-state index is 0.0598. The van der Waals surface area contributed by atoms with Crippen LogP contribution in [0.4, 0.5) is 0 Å². The van der Waals surface area contributed by atoms with E-state index in [4.69, 9.17) is 15.9 Å². The lowest BCUT2D eigenvalue weighted by Crippen LogP contribution is -2.53. The fourth-order valence-corrected chi connectivity index (χ4v) is 1.37. The second-order valence-electron chi connectivity index (χ2n) is 5.53. The van der Waals surface area contributed by atoms with Gasteiger partial charge in [0.15, 0.2) is 0 Å². The first-order valence-corrected chi connectivity index (χ1v) is 6.06. The molecule has 2 atom stereocenters. The summed E-state index contributed by atoms with van der Waals surface area (Å²) in [5.74, 6) is -2.74. The minimum Gasteiger partial charge on any atom is -0.481 e. The molecule has 0 fully saturated rings. The smallest absolute Gasteiger partial charge is 0.326 e. The zero-order valence-electron chi connectivity index (χ0n) is 11.5. The van der Waals surface area contributed by atoms with Gasteiger partial charge in [-0.3, -0.25) is 9.59 Å². The number of nitrogens with one attached hydrogen (secondary N) is 1. The average Bonchev–Trinajstić information content (AvgIpc) is 2.24. The van der Waals surface area contributed by atoms with Crippen molar-refractivity contribution >= 4 is 17.8 Å². The van der Waals surface area contributed by atoms with Crippen molar-refractivity contribution in [1.82, 2.24) is 5.32 Å². The van der Waals surface area contributed by atoms with Gasteiger partial charge < -0.3 is 21.3 Å². The van der Waals surface area contributed by atoms with Gasteiger partial charge in [0.25, 0.3) is 0 Å². The van der Waals surface area contributed by atoms with E-state index in [1.807, 2.05) is 0 Å². The van der Waals surface area contributed by atoms with Crippen molar-refractivity contribution in [2.24, 2.45) is 11.1 Å². The van der Waals surface area contributed by atoms with E-state index in [2.05, 4.69) is 5.32 Å². The molecule has 0 aromatic rings. The van der Waals surface area contributed by atoms with E-state index in [1.165, 1.54) is 0 Å². The van der Waals surface area contributed by atoms with Gasteiger partial charge in [-0.2, -0.15) is 0 Å². The van der Waals surface area contributed by atoms with Crippen LogP contribution in [0.25, 0.3) is 0 Å². The largest absolute Gasteiger partial charge is 0.481 e. The third-order valence-corrected chi connectivity index (χ3v) is 2.71. The van der Waals surface area contributed by atoms with Crippen molar-refractivity contribution < 1.29 is 24.6 Å². The van der Waals surface area contributed by atoms with Crippen LogP contribution in [-0.4, -0.2) is 40.1 Å². The standard InChI is InChI=1S/C12H22N2O5/c1-12(2,3)9(13)10(17)14-7(11(18)19)5-4-6-8(15)16/h7,9H,4-6,13H2,1-3H3,(H,14,17)(H,15,16)(H,18,19)/t7-,9-/m1/s1. The number of nitrogens with two attached hydrogens (primary N) is 1. The van der Waals surface area contributed by atoms with Crippen LogP contribution in [0.15, 0.2) is 0 Å². The maximum atomic E-state index is 11.8. The molecule has 5 N–H and O–H groups in total. The quantitative estimate of drug-likeness (QED) is 0.524. The van der Waals surface area contributed by atoms with Crippen molar-refractivity contribution in [3.63, 3.8) is 0 Å². The van der Waals surface area contributed by atoms with E-state index >= 15 is 0 Å². The number of carbonyl (C=O) groups excluding carboxylic acids is 1. The van der Waals surface area contributed by atoms with E-state index in [9.17, 15) is 14.4 Å². The maximum absolute atomic E-state index is 11.8. The van der Waals surface area contributed by atoms with Crippen molar-refractivity contribution in [3.05, 3.63) is 0 Å². The van der Waals surface area contributed by atoms with E-state index in [0.29, 0.717) is 0 Å². The van der Waals surface area contributed by atoms with Crippen LogP contribution < -0.4 is 11.1 Å². The van der Waals surface area contributed by atoms with E-state index in [1.54, 1.807) is 20.8 Å². The Morgan fingerprint density at radius 2 is 1.74 bits per heavy atom. The lowest BCUT2D eigenvalue weighted by Gasteiger charge is -2.27. The Bertz CT molecular complexity index is 349. The molecule has 0 unspecified atom stereocenters. The Labute approximate surface area is 112 Å². The molecule has 0 bridgehead atoms. The molecule has 0 aliphatic carbocycles. The van der Waals surface area contributed by atoms with Crippen molar-refractivity contribution in [2.75, 3.05) is 0 Å². The lowest BCUT2D eigenvalue weighted by atomic mass is 9.86. The number of hydrogen-bond acceptors (Lipinski definition) is 4. The van der Waals surface area contributed by atoms with E-state index in [-0.39, 0.29) is 19.3 Å². The van der Waals surface area contributed by atoms with Crippen LogP contribution in [0.2, 0.25) is 0 Å². The van der Waals surface area contributed by atoms with Gasteiger partial charge in [-0.05, 0) is 18.3 Å². The van der Waals surface area contributed by atoms with Crippen LogP contribution in [0, 0.1) is 5.41 Å². The number of hydrogen-bond donors (Lipinski definition) is 4. The summed E-state index contributed by atoms with van der Waals surface area (Å²) in [5, 5.41) is 19.8. The fourth-order valence-electron chi connectivity index (χ4n) is 1.37. The summed E-state index contributed by atoms with van der Waals surface area (Å²) in [4.78, 5) is 33.1. The van der Waals surface area contributed by atoms with Gasteiger partial charge in [0.2, 0.25) is 5.91 Å². The van der Waals surface area contributed by atoms with Gasteiger partial charge >= 0.3 is 11.9 Å². The van der Waals surface area contributed by atoms with Gasteiger partial charge in [0, 0.05) is 6.42 Å². The molecule has 7 nitrogen and oxygen atoms in total. The van der Waals surface area contributed by atoms with Crippen LogP contribution in [-0.2, 0) is 14.4 Å². The molecule has 0 rings (SSSR count). The summed E-state index contributed by atoms with van der Waals surface area (Å²) >= 11 is 0. The summed E-state index contributed by atoms with van der Waals surface area (Å²) in [5.41, 5.74) is 5.24. The Hall–Kier alpha value is -1.63. The van der Waals surface area contributed by atoms with Crippen LogP contribution in [0.1, 0.15) is 40.0 Å². The molecule has 0 heterocycles. The van der Waals surface area contributed by atoms with E-state index < -0.39 is 35.3 Å². The number of amides is 1. The number of rotatable bonds is 7. The molecule has 0 saturated heterocycles. The Morgan fingerprint density at radius 3 is 2.11 bits per heavy atom. The molecular weight excluding hydrogens is 252 g/mol. The summed E-state index contributed by atoms with van der Waals surface area (Å²) in [6.07, 6.45) is 0.104. The van der Waals surface area contributed by atoms with Gasteiger partial charge in [0.05, 0.1) is 6.04 Å². The summed E-state index contributed by atoms with van der Waals surface area (Å²) in [6, 6.07) is -1.94. The highest BCUT2D eigenvalue weighted by molar-refractivity contribution is 5.87. The molecule has 1 amide bonds. The molecule has 0 aliphatic rings. The van der Waals surface area contributed by atoms with Gasteiger partial charge in [-0.1, -0.05) is 20.8 Å². The molecule has 0 saturated carbocycles. The number of carboxylic acid groups (broad SMARTS) is 2. The highest BCUT2D eigenvalue weighted by atomic mass is 16.4. The Balaban J connectivity index is 4.47. The molecule has 19 heavy (non-hydrogen) atoms. The van der Waals surface area contributed by atoms with Crippen LogP contribution >= 0.6 is 0 Å². The van der Waals surface area contributed by atoms with Gasteiger partial charge in [-0.15, -0.1) is 0 Å². The number of carboxylic acids is 2. The summed E-state index contributed by atoms with van der Waals surface area (Å²) in [7, 11) is 0. The molecular formula is C12H22N2O5. The second kappa shape index (κ2) is 7.08. The van der Waals surface area contributed by atoms with Gasteiger partial charge in [0.1, 0.15) is 6.04 Å². The normalized spacial score (nSPS) is 14.5. The monoisotopic (exact) mass is 274 g/mol. The molecule has 0 aromatic heterocycles. The first kappa shape index (κ1) is 17.4. The Kier molecular flexibility index (Phi) is 6.47. The maximum Gasteiger partial charge on any atom is 0.326 e. The third-order valence-electron chi connectivity index (χ3n) is 2.71. The first-order chi connectivity index (χ1) is 8.55. The van der Waals surface area contributed by atoms with Crippen molar-refractivity contribution in [1.29, 1.82) is 0 Å². The highest BCUT2D eigenvalue weighted by Crippen LogP contribution is 2.17. The number of carbonyl (C=O) groups is 3. The molecule has 110 valence electrons. The number of aliphatic carboxylic acids is 2. The summed E-state index contributed by atoms with van der Waals surface area (Å²) < 4.78 is 0. The van der Waals surface area contributed by atoms with Crippen LogP contribution in [0.3, 0.4) is 0 Å². The average molecular weight is 274 g/mol. The zero-order valence-corrected chi connectivity index (χ0v) is 11.5. The SMILES string of the molecule is CC(C)(C)[C@H](N)C(=O)N[C@H](CCCC(=O)O)C(=O)O. The molecule has 0 radical (unpaired) electrons. The third kappa shape index (κ3) is 6.76. The summed E-state index contributed by atoms with van der Waals surface area (Å²) in [6.45, 7) is 5.33. The highest BCUT2D eigenvalue weighted by Gasteiger charge is 2.30. The molecule has 0 aliphatic heterocycles. The molecule has 0 spiro atoms. The predicted molar refractivity (Wildman–Crippen MR) is 68.5 cm³/mol. The zero-order chi connectivity index (χ0) is 15.2. The Morgan fingerprint density at radius 1 is 1.21 bits per heavy atom. The van der Waals surface area contributed by atoms with Gasteiger partial charge in [-0.25, -0.2) is 4.79 Å². The van der Waals surface area contributed by atoms with Crippen LogP contribution in [0.5, 0.6) is 0 Å². The second-order valence-corrected chi connectivity index (χ2v) is 5.53. The van der Waals surface area contributed by atoms with E-state index in [0.717, 1.165) is 0 Å². The van der Waals surface area contributed by atoms with Crippen molar-refractivity contribution in [3.8, 4) is 0 Å². The first-order valence-electron chi connectivity index (χ1n) is 6.06. The molecule has 0 aromatic carbocycles. The lowest BCUT2D eigenvalue weighted by molar-refractivity contribution is -0.143. The fraction of sp³-hybridized carbons (Fsp3) is 0.750. The van der Waals surface area contributed by atoms with Crippen molar-refractivity contribution in [2.45, 2.75) is 52.1 Å². The minimum atomic E-state index is -1.19.